The Balaban J connectivity index is 0.00000200. The number of carbonyl (C=O) groups excluding carboxylic acids is 1. The van der Waals surface area contributed by atoms with Crippen molar-refractivity contribution in [2.75, 3.05) is 13.7 Å². The van der Waals surface area contributed by atoms with Gasteiger partial charge in [-0.1, -0.05) is 12.5 Å². The van der Waals surface area contributed by atoms with Crippen molar-refractivity contribution in [1.29, 1.82) is 0 Å². The van der Waals surface area contributed by atoms with Crippen molar-refractivity contribution >= 4 is 18.3 Å². The van der Waals surface area contributed by atoms with Gasteiger partial charge >= 0.3 is 0 Å². The lowest BCUT2D eigenvalue weighted by molar-refractivity contribution is 0.0942. The molecule has 1 fully saturated rings. The first-order chi connectivity index (χ1) is 9.19. The highest BCUT2D eigenvalue weighted by Gasteiger charge is 2.19. The molecular weight excluding hydrogens is 276 g/mol. The molecule has 20 heavy (non-hydrogen) atoms. The highest BCUT2D eigenvalue weighted by atomic mass is 35.5. The zero-order valence-corrected chi connectivity index (χ0v) is 12.6. The van der Waals surface area contributed by atoms with Gasteiger partial charge in [0, 0.05) is 18.2 Å². The van der Waals surface area contributed by atoms with Gasteiger partial charge in [-0.05, 0) is 43.4 Å². The zero-order chi connectivity index (χ0) is 13.7. The molecule has 0 saturated heterocycles. The maximum absolute atomic E-state index is 12.0. The molecule has 0 heterocycles. The van der Waals surface area contributed by atoms with Crippen molar-refractivity contribution in [3.8, 4) is 5.75 Å². The molecule has 5 heteroatoms. The Morgan fingerprint density at radius 1 is 1.45 bits per heavy atom. The van der Waals surface area contributed by atoms with Crippen molar-refractivity contribution in [2.45, 2.75) is 31.7 Å². The molecule has 2 unspecified atom stereocenters. The maximum atomic E-state index is 12.0. The van der Waals surface area contributed by atoms with Gasteiger partial charge in [-0.25, -0.2) is 0 Å². The molecule has 0 bridgehead atoms. The summed E-state index contributed by atoms with van der Waals surface area (Å²) >= 11 is 0. The van der Waals surface area contributed by atoms with E-state index in [9.17, 15) is 4.79 Å². The summed E-state index contributed by atoms with van der Waals surface area (Å²) in [5, 5.41) is 2.99. The van der Waals surface area contributed by atoms with Gasteiger partial charge in [-0.15, -0.1) is 12.4 Å². The summed E-state index contributed by atoms with van der Waals surface area (Å²) in [5.74, 6) is 1.17. The van der Waals surface area contributed by atoms with E-state index in [0.29, 0.717) is 29.8 Å². The summed E-state index contributed by atoms with van der Waals surface area (Å²) in [5.41, 5.74) is 6.59. The normalized spacial score (nSPS) is 21.7. The smallest absolute Gasteiger partial charge is 0.251 e. The van der Waals surface area contributed by atoms with E-state index in [2.05, 4.69) is 5.32 Å². The fourth-order valence-electron chi connectivity index (χ4n) is 2.62. The summed E-state index contributed by atoms with van der Waals surface area (Å²) in [6.07, 6.45) is 4.45. The minimum Gasteiger partial charge on any atom is -0.497 e. The number of hydrogen-bond donors (Lipinski definition) is 2. The molecule has 1 aromatic carbocycles. The summed E-state index contributed by atoms with van der Waals surface area (Å²) in [4.78, 5) is 12.0. The van der Waals surface area contributed by atoms with Crippen LogP contribution in [0.25, 0.3) is 0 Å². The first-order valence-electron chi connectivity index (χ1n) is 6.87. The van der Waals surface area contributed by atoms with Gasteiger partial charge in [0.2, 0.25) is 0 Å². The summed E-state index contributed by atoms with van der Waals surface area (Å²) < 4.78 is 5.12. The van der Waals surface area contributed by atoms with Crippen LogP contribution in [0.5, 0.6) is 5.75 Å². The van der Waals surface area contributed by atoms with E-state index >= 15 is 0 Å². The molecule has 1 amide bonds. The fourth-order valence-corrected chi connectivity index (χ4v) is 2.62. The van der Waals surface area contributed by atoms with Crippen molar-refractivity contribution < 1.29 is 9.53 Å². The number of ether oxygens (including phenoxy) is 1. The molecular formula is C15H23ClN2O2. The zero-order valence-electron chi connectivity index (χ0n) is 11.8. The van der Waals surface area contributed by atoms with Gasteiger partial charge in [-0.3, -0.25) is 4.79 Å². The van der Waals surface area contributed by atoms with Crippen molar-refractivity contribution in [3.63, 3.8) is 0 Å². The Bertz CT molecular complexity index is 440. The summed E-state index contributed by atoms with van der Waals surface area (Å²) in [6.45, 7) is 0.712. The van der Waals surface area contributed by atoms with Crippen molar-refractivity contribution in [2.24, 2.45) is 11.7 Å². The second-order valence-electron chi connectivity index (χ2n) is 5.23. The van der Waals surface area contributed by atoms with E-state index in [4.69, 9.17) is 10.5 Å². The van der Waals surface area contributed by atoms with Crippen molar-refractivity contribution in [1.82, 2.24) is 5.32 Å². The Kier molecular flexibility index (Phi) is 6.82. The lowest BCUT2D eigenvalue weighted by Crippen LogP contribution is -2.35. The Labute approximate surface area is 126 Å². The number of amides is 1. The van der Waals surface area contributed by atoms with Crippen LogP contribution in [0.4, 0.5) is 0 Å². The van der Waals surface area contributed by atoms with Crippen LogP contribution in [0.3, 0.4) is 0 Å². The third-order valence-electron chi connectivity index (χ3n) is 3.71. The molecule has 1 aromatic rings. The predicted molar refractivity (Wildman–Crippen MR) is 82.5 cm³/mol. The van der Waals surface area contributed by atoms with Gasteiger partial charge in [0.15, 0.2) is 0 Å². The Morgan fingerprint density at radius 2 is 2.25 bits per heavy atom. The van der Waals surface area contributed by atoms with Crippen LogP contribution < -0.4 is 15.8 Å². The number of nitrogens with one attached hydrogen (secondary N) is 1. The second-order valence-corrected chi connectivity index (χ2v) is 5.23. The molecule has 1 aliphatic rings. The van der Waals surface area contributed by atoms with Crippen LogP contribution in [0, 0.1) is 5.92 Å². The first kappa shape index (κ1) is 16.8. The quantitative estimate of drug-likeness (QED) is 0.897. The molecule has 0 aliphatic heterocycles. The van der Waals surface area contributed by atoms with Crippen LogP contribution in [0.15, 0.2) is 24.3 Å². The van der Waals surface area contributed by atoms with E-state index in [0.717, 1.165) is 19.3 Å². The minimum atomic E-state index is -0.0435. The SMILES string of the molecule is COc1cccc(C(=O)NCC2CCCC(N)C2)c1.Cl. The number of hydrogen-bond acceptors (Lipinski definition) is 3. The Morgan fingerprint density at radius 3 is 2.95 bits per heavy atom. The molecule has 0 spiro atoms. The van der Waals surface area contributed by atoms with E-state index < -0.39 is 0 Å². The van der Waals surface area contributed by atoms with Crippen LogP contribution in [0.1, 0.15) is 36.0 Å². The molecule has 3 N–H and O–H groups in total. The number of nitrogens with two attached hydrogens (primary N) is 1. The molecule has 4 nitrogen and oxygen atoms in total. The summed E-state index contributed by atoms with van der Waals surface area (Å²) in [6, 6.07) is 7.50. The van der Waals surface area contributed by atoms with Crippen LogP contribution in [-0.4, -0.2) is 25.6 Å². The van der Waals surface area contributed by atoms with Crippen LogP contribution in [0.2, 0.25) is 0 Å². The lowest BCUT2D eigenvalue weighted by Gasteiger charge is -2.26. The first-order valence-corrected chi connectivity index (χ1v) is 6.87. The number of benzene rings is 1. The third kappa shape index (κ3) is 4.69. The average molecular weight is 299 g/mol. The molecule has 0 radical (unpaired) electrons. The van der Waals surface area contributed by atoms with Gasteiger partial charge in [0.25, 0.3) is 5.91 Å². The monoisotopic (exact) mass is 298 g/mol. The van der Waals surface area contributed by atoms with E-state index in [1.807, 2.05) is 12.1 Å². The van der Waals surface area contributed by atoms with Gasteiger partial charge in [0.1, 0.15) is 5.75 Å². The average Bonchev–Trinajstić information content (AvgIpc) is 2.45. The number of methoxy groups -OCH3 is 1. The maximum Gasteiger partial charge on any atom is 0.251 e. The lowest BCUT2D eigenvalue weighted by atomic mass is 9.86. The highest BCUT2D eigenvalue weighted by Crippen LogP contribution is 2.22. The molecule has 1 saturated carbocycles. The fraction of sp³-hybridized carbons (Fsp3) is 0.533. The molecule has 1 aliphatic carbocycles. The van der Waals surface area contributed by atoms with Crippen molar-refractivity contribution in [3.05, 3.63) is 29.8 Å². The predicted octanol–water partition coefficient (Wildman–Crippen LogP) is 2.36. The van der Waals surface area contributed by atoms with E-state index in [-0.39, 0.29) is 18.3 Å². The number of rotatable bonds is 4. The standard InChI is InChI=1S/C15H22N2O2.ClH/c1-19-14-7-3-5-12(9-14)15(18)17-10-11-4-2-6-13(16)8-11;/h3,5,7,9,11,13H,2,4,6,8,10,16H2,1H3,(H,17,18);1H. The van der Waals surface area contributed by atoms with Gasteiger partial charge < -0.3 is 15.8 Å². The largest absolute Gasteiger partial charge is 0.497 e. The minimum absolute atomic E-state index is 0. The second kappa shape index (κ2) is 8.12. The topological polar surface area (TPSA) is 64.3 Å². The molecule has 0 aromatic heterocycles. The van der Waals surface area contributed by atoms with Crippen LogP contribution in [-0.2, 0) is 0 Å². The third-order valence-corrected chi connectivity index (χ3v) is 3.71. The number of carbonyl (C=O) groups is 1. The molecule has 2 rings (SSSR count). The summed E-state index contributed by atoms with van der Waals surface area (Å²) in [7, 11) is 1.60. The molecule has 2 atom stereocenters. The Hall–Kier alpha value is -1.26. The number of halogens is 1. The van der Waals surface area contributed by atoms with E-state index in [1.165, 1.54) is 6.42 Å². The highest BCUT2D eigenvalue weighted by molar-refractivity contribution is 5.94. The van der Waals surface area contributed by atoms with Gasteiger partial charge in [-0.2, -0.15) is 0 Å². The van der Waals surface area contributed by atoms with Crippen LogP contribution >= 0.6 is 12.4 Å². The van der Waals surface area contributed by atoms with E-state index in [1.54, 1.807) is 19.2 Å². The molecule has 112 valence electrons. The van der Waals surface area contributed by atoms with Gasteiger partial charge in [0.05, 0.1) is 7.11 Å².